The summed E-state index contributed by atoms with van der Waals surface area (Å²) in [6.45, 7) is 3.95. The number of rotatable bonds is 2. The lowest BCUT2D eigenvalue weighted by molar-refractivity contribution is 0.716. The Morgan fingerprint density at radius 2 is 1.69 bits per heavy atom. The highest BCUT2D eigenvalue weighted by Gasteiger charge is 2.20. The van der Waals surface area contributed by atoms with E-state index in [0.29, 0.717) is 22.5 Å². The quantitative estimate of drug-likeness (QED) is 0.523. The number of fused-ring (bicyclic) bond motifs is 2. The van der Waals surface area contributed by atoms with E-state index in [1.54, 1.807) is 36.7 Å². The minimum Gasteiger partial charge on any atom is -0.328 e. The van der Waals surface area contributed by atoms with Crippen LogP contribution in [-0.2, 0) is 7.05 Å². The fourth-order valence-corrected chi connectivity index (χ4v) is 3.30. The zero-order valence-corrected chi connectivity index (χ0v) is 14.8. The van der Waals surface area contributed by atoms with Gasteiger partial charge in [0, 0.05) is 30.7 Å². The smallest absolute Gasteiger partial charge is 0.271 e. The van der Waals surface area contributed by atoms with E-state index in [1.165, 1.54) is 4.57 Å². The van der Waals surface area contributed by atoms with E-state index in [9.17, 15) is 9.59 Å². The van der Waals surface area contributed by atoms with Crippen LogP contribution >= 0.6 is 0 Å². The molecular weight excluding hydrogens is 328 g/mol. The van der Waals surface area contributed by atoms with Crippen molar-refractivity contribution in [3.05, 3.63) is 75.2 Å². The van der Waals surface area contributed by atoms with Crippen molar-refractivity contribution in [1.82, 2.24) is 19.1 Å². The highest BCUT2D eigenvalue weighted by atomic mass is 16.1. The van der Waals surface area contributed by atoms with Crippen molar-refractivity contribution in [1.29, 1.82) is 0 Å². The molecule has 0 saturated heterocycles. The van der Waals surface area contributed by atoms with Gasteiger partial charge in [0.05, 0.1) is 11.2 Å². The molecule has 0 bridgehead atoms. The summed E-state index contributed by atoms with van der Waals surface area (Å²) in [5.41, 5.74) is 1.18. The number of aromatic nitrogens is 4. The highest BCUT2D eigenvalue weighted by molar-refractivity contribution is 5.91. The van der Waals surface area contributed by atoms with Gasteiger partial charge in [-0.2, -0.15) is 0 Å². The molecule has 130 valence electrons. The first-order chi connectivity index (χ1) is 12.5. The highest BCUT2D eigenvalue weighted by Crippen LogP contribution is 2.20. The maximum absolute atomic E-state index is 13.4. The topological polar surface area (TPSA) is 69.8 Å². The van der Waals surface area contributed by atoms with Crippen LogP contribution < -0.4 is 11.0 Å². The van der Waals surface area contributed by atoms with Gasteiger partial charge in [-0.15, -0.1) is 0 Å². The number of aryl methyl sites for hydroxylation is 1. The molecule has 0 radical (unpaired) electrons. The lowest BCUT2D eigenvalue weighted by atomic mass is 10.1. The molecule has 0 amide bonds. The Morgan fingerprint density at radius 3 is 2.38 bits per heavy atom. The predicted octanol–water partition coefficient (Wildman–Crippen LogP) is 2.76. The molecule has 0 unspecified atom stereocenters. The largest absolute Gasteiger partial charge is 0.328 e. The summed E-state index contributed by atoms with van der Waals surface area (Å²) in [4.78, 5) is 35.1. The Labute approximate surface area is 149 Å². The SMILES string of the molecule is CC(C)c1nc2c(c(=O)c3ccccc3n2C)c(=O)n1-c1ccncc1. The molecule has 0 atom stereocenters. The predicted molar refractivity (Wildman–Crippen MR) is 102 cm³/mol. The van der Waals surface area contributed by atoms with E-state index in [-0.39, 0.29) is 22.3 Å². The van der Waals surface area contributed by atoms with Gasteiger partial charge in [0.1, 0.15) is 11.2 Å². The molecule has 0 fully saturated rings. The van der Waals surface area contributed by atoms with Crippen LogP contribution in [0.5, 0.6) is 0 Å². The molecule has 0 N–H and O–H groups in total. The van der Waals surface area contributed by atoms with Gasteiger partial charge in [0.15, 0.2) is 5.65 Å². The van der Waals surface area contributed by atoms with E-state index >= 15 is 0 Å². The van der Waals surface area contributed by atoms with Crippen LogP contribution in [0.25, 0.3) is 27.6 Å². The van der Waals surface area contributed by atoms with Crippen LogP contribution in [0.1, 0.15) is 25.6 Å². The molecule has 0 aliphatic carbocycles. The molecule has 3 aromatic heterocycles. The average molecular weight is 346 g/mol. The molecule has 4 rings (SSSR count). The van der Waals surface area contributed by atoms with Gasteiger partial charge < -0.3 is 4.57 Å². The summed E-state index contributed by atoms with van der Waals surface area (Å²) in [7, 11) is 1.83. The third-order valence-corrected chi connectivity index (χ3v) is 4.58. The first-order valence-electron chi connectivity index (χ1n) is 8.45. The number of hydrogen-bond donors (Lipinski definition) is 0. The van der Waals surface area contributed by atoms with Gasteiger partial charge in [-0.25, -0.2) is 4.98 Å². The van der Waals surface area contributed by atoms with Crippen molar-refractivity contribution >= 4 is 21.9 Å². The zero-order chi connectivity index (χ0) is 18.4. The standard InChI is InChI=1S/C20H18N4O2/c1-12(2)18-22-19-16(20(26)24(18)13-8-10-21-11-9-13)17(25)14-6-4-5-7-15(14)23(19)3/h4-12H,1-3H3. The molecule has 6 nitrogen and oxygen atoms in total. The maximum atomic E-state index is 13.4. The molecule has 0 spiro atoms. The lowest BCUT2D eigenvalue weighted by Crippen LogP contribution is -2.30. The van der Waals surface area contributed by atoms with Gasteiger partial charge in [-0.1, -0.05) is 26.0 Å². The van der Waals surface area contributed by atoms with Crippen LogP contribution in [0.2, 0.25) is 0 Å². The monoisotopic (exact) mass is 346 g/mol. The minimum absolute atomic E-state index is 0.00170. The van der Waals surface area contributed by atoms with Crippen molar-refractivity contribution < 1.29 is 0 Å². The second kappa shape index (κ2) is 5.91. The summed E-state index contributed by atoms with van der Waals surface area (Å²) < 4.78 is 3.33. The lowest BCUT2D eigenvalue weighted by Gasteiger charge is -2.17. The van der Waals surface area contributed by atoms with Crippen LogP contribution in [0.15, 0.2) is 58.4 Å². The van der Waals surface area contributed by atoms with Crippen molar-refractivity contribution in [3.8, 4) is 5.69 Å². The van der Waals surface area contributed by atoms with Crippen molar-refractivity contribution in [2.24, 2.45) is 7.05 Å². The molecule has 4 aromatic rings. The maximum Gasteiger partial charge on any atom is 0.271 e. The molecule has 0 aliphatic heterocycles. The van der Waals surface area contributed by atoms with Crippen LogP contribution in [0.3, 0.4) is 0 Å². The van der Waals surface area contributed by atoms with E-state index in [2.05, 4.69) is 4.98 Å². The summed E-state index contributed by atoms with van der Waals surface area (Å²) >= 11 is 0. The van der Waals surface area contributed by atoms with Gasteiger partial charge in [0.2, 0.25) is 5.43 Å². The number of para-hydroxylation sites is 1. The second-order valence-corrected chi connectivity index (χ2v) is 6.57. The molecule has 26 heavy (non-hydrogen) atoms. The molecule has 0 aliphatic rings. The Balaban J connectivity index is 2.27. The number of benzene rings is 1. The third kappa shape index (κ3) is 2.26. The molecule has 6 heteroatoms. The first kappa shape index (κ1) is 16.2. The summed E-state index contributed by atoms with van der Waals surface area (Å²) in [5.74, 6) is 0.612. The van der Waals surface area contributed by atoms with E-state index in [4.69, 9.17) is 4.98 Å². The molecule has 3 heterocycles. The number of nitrogens with zero attached hydrogens (tertiary/aromatic N) is 4. The Morgan fingerprint density at radius 1 is 1.00 bits per heavy atom. The number of hydrogen-bond acceptors (Lipinski definition) is 4. The summed E-state index contributed by atoms with van der Waals surface area (Å²) in [5, 5.41) is 0.618. The van der Waals surface area contributed by atoms with Crippen molar-refractivity contribution in [3.63, 3.8) is 0 Å². The normalized spacial score (nSPS) is 11.5. The Bertz CT molecular complexity index is 1250. The van der Waals surface area contributed by atoms with Crippen LogP contribution in [0, 0.1) is 0 Å². The summed E-state index contributed by atoms with van der Waals surface area (Å²) in [6, 6.07) is 10.8. The number of pyridine rings is 2. The Kier molecular flexibility index (Phi) is 3.68. The zero-order valence-electron chi connectivity index (χ0n) is 14.8. The molecular formula is C20H18N4O2. The van der Waals surface area contributed by atoms with Gasteiger partial charge in [0.25, 0.3) is 5.56 Å². The first-order valence-corrected chi connectivity index (χ1v) is 8.45. The average Bonchev–Trinajstić information content (AvgIpc) is 2.66. The van der Waals surface area contributed by atoms with Crippen molar-refractivity contribution in [2.45, 2.75) is 19.8 Å². The third-order valence-electron chi connectivity index (χ3n) is 4.58. The molecule has 0 saturated carbocycles. The van der Waals surface area contributed by atoms with E-state index in [0.717, 1.165) is 5.52 Å². The fourth-order valence-electron chi connectivity index (χ4n) is 3.30. The van der Waals surface area contributed by atoms with Gasteiger partial charge in [-0.05, 0) is 24.3 Å². The molecule has 1 aromatic carbocycles. The van der Waals surface area contributed by atoms with Gasteiger partial charge in [-0.3, -0.25) is 19.1 Å². The second-order valence-electron chi connectivity index (χ2n) is 6.57. The van der Waals surface area contributed by atoms with Crippen LogP contribution in [0.4, 0.5) is 0 Å². The van der Waals surface area contributed by atoms with Crippen LogP contribution in [-0.4, -0.2) is 19.1 Å². The van der Waals surface area contributed by atoms with E-state index < -0.39 is 0 Å². The Hall–Kier alpha value is -3.28. The van der Waals surface area contributed by atoms with Crippen molar-refractivity contribution in [2.75, 3.05) is 0 Å². The van der Waals surface area contributed by atoms with Gasteiger partial charge >= 0.3 is 0 Å². The minimum atomic E-state index is -0.351. The summed E-state index contributed by atoms with van der Waals surface area (Å²) in [6.07, 6.45) is 3.24. The van der Waals surface area contributed by atoms with E-state index in [1.807, 2.05) is 37.6 Å². The fraction of sp³-hybridized carbons (Fsp3) is 0.200.